The first-order valence-electron chi connectivity index (χ1n) is 15.5. The lowest BCUT2D eigenvalue weighted by Gasteiger charge is -2.29. The minimum atomic E-state index is -4.20. The van der Waals surface area contributed by atoms with Crippen molar-refractivity contribution < 1.29 is 27.9 Å². The zero-order chi connectivity index (χ0) is 33.0. The van der Waals surface area contributed by atoms with Crippen LogP contribution in [0.1, 0.15) is 53.4 Å². The van der Waals surface area contributed by atoms with E-state index in [0.717, 1.165) is 27.2 Å². The van der Waals surface area contributed by atoms with Gasteiger partial charge in [-0.25, -0.2) is 14.5 Å². The third-order valence-electron chi connectivity index (χ3n) is 7.60. The Labute approximate surface area is 269 Å². The molecule has 46 heavy (non-hydrogen) atoms. The van der Waals surface area contributed by atoms with Gasteiger partial charge < -0.3 is 24.3 Å². The summed E-state index contributed by atoms with van der Waals surface area (Å²) in [5.74, 6) is 0.692. The van der Waals surface area contributed by atoms with Crippen LogP contribution in [0.5, 0.6) is 5.75 Å². The molecule has 0 saturated heterocycles. The Bertz CT molecular complexity index is 1890. The van der Waals surface area contributed by atoms with E-state index in [1.54, 1.807) is 26.8 Å². The first-order valence-corrected chi connectivity index (χ1v) is 17.1. The van der Waals surface area contributed by atoms with Crippen LogP contribution >= 0.6 is 7.75 Å². The Kier molecular flexibility index (Phi) is 10.3. The Balaban J connectivity index is 1.57. The van der Waals surface area contributed by atoms with Crippen molar-refractivity contribution in [3.63, 3.8) is 0 Å². The predicted molar refractivity (Wildman–Crippen MR) is 181 cm³/mol. The first kappa shape index (κ1) is 33.3. The molecule has 3 atom stereocenters. The van der Waals surface area contributed by atoms with Crippen LogP contribution in [0.15, 0.2) is 66.7 Å². The number of rotatable bonds is 14. The van der Waals surface area contributed by atoms with E-state index < -0.39 is 25.8 Å². The normalized spacial score (nSPS) is 14.6. The summed E-state index contributed by atoms with van der Waals surface area (Å²) >= 11 is 0. The van der Waals surface area contributed by atoms with Gasteiger partial charge >= 0.3 is 13.7 Å². The molecule has 0 bridgehead atoms. The molecule has 3 aromatic carbocycles. The molecule has 0 fully saturated rings. The van der Waals surface area contributed by atoms with Crippen LogP contribution in [-0.4, -0.2) is 45.9 Å². The van der Waals surface area contributed by atoms with Crippen molar-refractivity contribution >= 4 is 52.2 Å². The molecule has 0 aliphatic rings. The summed E-state index contributed by atoms with van der Waals surface area (Å²) in [6, 6.07) is 19.4. The van der Waals surface area contributed by atoms with E-state index in [1.165, 1.54) is 0 Å². The summed E-state index contributed by atoms with van der Waals surface area (Å²) < 4.78 is 40.4. The summed E-state index contributed by atoms with van der Waals surface area (Å²) in [4.78, 5) is 22.3. The van der Waals surface area contributed by atoms with Gasteiger partial charge in [-0.2, -0.15) is 5.09 Å². The summed E-state index contributed by atoms with van der Waals surface area (Å²) in [5, 5.41) is 5.36. The molecule has 12 heteroatoms. The number of ether oxygens (including phenoxy) is 2. The van der Waals surface area contributed by atoms with Gasteiger partial charge in [0.1, 0.15) is 29.7 Å². The number of fused-ring (bicyclic) bond motifs is 4. The lowest BCUT2D eigenvalue weighted by atomic mass is 10.0. The number of nitrogen functional groups attached to an aromatic ring is 1. The fraction of sp³-hybridized carbons (Fsp3) is 0.382. The number of para-hydroxylation sites is 1. The Morgan fingerprint density at radius 1 is 0.957 bits per heavy atom. The molecule has 3 N–H and O–H groups in total. The second-order valence-corrected chi connectivity index (χ2v) is 13.5. The molecule has 11 nitrogen and oxygen atoms in total. The number of carbonyl (C=O) groups excluding carboxylic acids is 1. The van der Waals surface area contributed by atoms with Gasteiger partial charge in [-0.05, 0) is 51.1 Å². The SMILES string of the molecule is CCOCc1nc2c(N)nc3ccccc3c2n1[C@@H](CO[P@@](=O)(N[C@@H](C)C(=O)OC(C)C)Oc1cccc2ccccc12)C(C)C. The molecule has 244 valence electrons. The van der Waals surface area contributed by atoms with Crippen LogP contribution in [-0.2, 0) is 30.0 Å². The van der Waals surface area contributed by atoms with Crippen LogP contribution in [0.25, 0.3) is 32.7 Å². The van der Waals surface area contributed by atoms with Crippen molar-refractivity contribution in [2.45, 2.75) is 66.3 Å². The van der Waals surface area contributed by atoms with E-state index in [4.69, 9.17) is 29.2 Å². The Hall–Kier alpha value is -4.02. The Morgan fingerprint density at radius 2 is 1.65 bits per heavy atom. The van der Waals surface area contributed by atoms with Gasteiger partial charge in [-0.15, -0.1) is 0 Å². The molecule has 0 saturated carbocycles. The van der Waals surface area contributed by atoms with Gasteiger partial charge in [-0.1, -0.05) is 68.4 Å². The van der Waals surface area contributed by atoms with Crippen LogP contribution in [0.4, 0.5) is 5.82 Å². The van der Waals surface area contributed by atoms with Gasteiger partial charge in [0.2, 0.25) is 0 Å². The van der Waals surface area contributed by atoms with Crippen molar-refractivity contribution in [2.24, 2.45) is 5.92 Å². The minimum absolute atomic E-state index is 0.0275. The molecule has 5 rings (SSSR count). The number of aromatic nitrogens is 3. The highest BCUT2D eigenvalue weighted by atomic mass is 31.2. The maximum atomic E-state index is 14.7. The molecule has 0 spiro atoms. The number of nitrogens with zero attached hydrogens (tertiary/aromatic N) is 3. The largest absolute Gasteiger partial charge is 0.462 e. The number of benzene rings is 3. The smallest absolute Gasteiger partial charge is 0.459 e. The number of esters is 1. The van der Waals surface area contributed by atoms with E-state index >= 15 is 0 Å². The van der Waals surface area contributed by atoms with Crippen molar-refractivity contribution in [2.75, 3.05) is 18.9 Å². The first-order chi connectivity index (χ1) is 22.0. The number of anilines is 1. The van der Waals surface area contributed by atoms with E-state index in [-0.39, 0.29) is 25.2 Å². The fourth-order valence-electron chi connectivity index (χ4n) is 5.38. The predicted octanol–water partition coefficient (Wildman–Crippen LogP) is 7.19. The minimum Gasteiger partial charge on any atom is -0.462 e. The summed E-state index contributed by atoms with van der Waals surface area (Å²) in [6.45, 7) is 11.7. The number of nitrogens with one attached hydrogen (secondary N) is 1. The molecular formula is C34H42N5O6P. The van der Waals surface area contributed by atoms with E-state index in [0.29, 0.717) is 29.5 Å². The van der Waals surface area contributed by atoms with Crippen molar-refractivity contribution in [3.05, 3.63) is 72.6 Å². The molecule has 0 aliphatic heterocycles. The van der Waals surface area contributed by atoms with Gasteiger partial charge in [0.25, 0.3) is 0 Å². The van der Waals surface area contributed by atoms with E-state index in [9.17, 15) is 9.36 Å². The standard InChI is InChI=1S/C34H42N5O6P/c1-7-42-20-30-37-31-32(26-16-10-11-17-27(26)36-33(31)35)39(30)28(21(2)3)19-43-46(41,38-23(6)34(40)44-22(4)5)45-29-18-12-14-24-13-8-9-15-25(24)29/h8-18,21-23,28H,7,19-20H2,1-6H3,(H2,35,36)(H,38,41)/t23-,28-,46-/m0/s1. The Morgan fingerprint density at radius 3 is 2.37 bits per heavy atom. The monoisotopic (exact) mass is 647 g/mol. The number of carbonyl (C=O) groups is 1. The maximum absolute atomic E-state index is 14.7. The van der Waals surface area contributed by atoms with Crippen LogP contribution in [0.2, 0.25) is 0 Å². The lowest BCUT2D eigenvalue weighted by molar-refractivity contribution is -0.149. The van der Waals surface area contributed by atoms with Gasteiger partial charge in [0.05, 0.1) is 29.8 Å². The number of imidazole rings is 1. The van der Waals surface area contributed by atoms with Gasteiger partial charge in [0, 0.05) is 17.4 Å². The second-order valence-electron chi connectivity index (χ2n) is 11.8. The van der Waals surface area contributed by atoms with Crippen molar-refractivity contribution in [3.8, 4) is 5.75 Å². The average molecular weight is 648 g/mol. The highest BCUT2D eigenvalue weighted by Gasteiger charge is 2.35. The molecular weight excluding hydrogens is 605 g/mol. The molecule has 5 aromatic rings. The van der Waals surface area contributed by atoms with Crippen LogP contribution < -0.4 is 15.3 Å². The number of hydrogen-bond donors (Lipinski definition) is 2. The van der Waals surface area contributed by atoms with Crippen LogP contribution in [0, 0.1) is 5.92 Å². The molecule has 0 radical (unpaired) electrons. The van der Waals surface area contributed by atoms with E-state index in [2.05, 4.69) is 14.6 Å². The molecule has 2 heterocycles. The maximum Gasteiger partial charge on any atom is 0.459 e. The molecule has 0 unspecified atom stereocenters. The molecule has 0 aliphatic carbocycles. The average Bonchev–Trinajstić information content (AvgIpc) is 3.39. The number of nitrogens with two attached hydrogens (primary N) is 1. The molecule has 0 amide bonds. The fourth-order valence-corrected chi connectivity index (χ4v) is 6.91. The summed E-state index contributed by atoms with van der Waals surface area (Å²) in [7, 11) is -4.20. The number of pyridine rings is 1. The third kappa shape index (κ3) is 7.18. The third-order valence-corrected chi connectivity index (χ3v) is 9.23. The van der Waals surface area contributed by atoms with Crippen LogP contribution in [0.3, 0.4) is 0 Å². The lowest BCUT2D eigenvalue weighted by Crippen LogP contribution is -2.36. The quantitative estimate of drug-likeness (QED) is 0.0940. The zero-order valence-corrected chi connectivity index (χ0v) is 28.0. The second kappa shape index (κ2) is 14.2. The van der Waals surface area contributed by atoms with Gasteiger partial charge in [-0.3, -0.25) is 9.32 Å². The van der Waals surface area contributed by atoms with Crippen molar-refractivity contribution in [1.29, 1.82) is 0 Å². The zero-order valence-electron chi connectivity index (χ0n) is 27.1. The summed E-state index contributed by atoms with van der Waals surface area (Å²) in [6.07, 6.45) is -0.351. The summed E-state index contributed by atoms with van der Waals surface area (Å²) in [5.41, 5.74) is 8.49. The highest BCUT2D eigenvalue weighted by molar-refractivity contribution is 7.52. The topological polar surface area (TPSA) is 140 Å². The van der Waals surface area contributed by atoms with Crippen molar-refractivity contribution in [1.82, 2.24) is 19.6 Å². The number of hydrogen-bond acceptors (Lipinski definition) is 9. The highest BCUT2D eigenvalue weighted by Crippen LogP contribution is 2.48. The molecule has 2 aromatic heterocycles. The van der Waals surface area contributed by atoms with E-state index in [1.807, 2.05) is 81.4 Å². The van der Waals surface area contributed by atoms with Gasteiger partial charge in [0.15, 0.2) is 5.82 Å².